The Hall–Kier alpha value is -1.70. The number of hydrogen-bond donors (Lipinski definition) is 1. The highest BCUT2D eigenvalue weighted by Crippen LogP contribution is 2.33. The van der Waals surface area contributed by atoms with Crippen molar-refractivity contribution >= 4 is 65.5 Å². The number of halogens is 2. The number of fused-ring (bicyclic) bond motifs is 3. The van der Waals surface area contributed by atoms with Gasteiger partial charge < -0.3 is 9.67 Å². The van der Waals surface area contributed by atoms with Crippen LogP contribution in [0, 0.1) is 0 Å². The van der Waals surface area contributed by atoms with Crippen LogP contribution in [0.4, 0.5) is 0 Å². The molecule has 134 valence electrons. The highest BCUT2D eigenvalue weighted by molar-refractivity contribution is 9.10. The molecule has 4 rings (SSSR count). The molecular weight excluding hydrogens is 464 g/mol. The van der Waals surface area contributed by atoms with E-state index in [1.165, 1.54) is 4.90 Å². The van der Waals surface area contributed by atoms with Gasteiger partial charge in [0.15, 0.2) is 0 Å². The molecular formula is C19H16Br2N2O3. The molecule has 26 heavy (non-hydrogen) atoms. The Labute approximate surface area is 166 Å². The summed E-state index contributed by atoms with van der Waals surface area (Å²) in [6.07, 6.45) is -0.349. The van der Waals surface area contributed by atoms with E-state index in [2.05, 4.69) is 44.0 Å². The third kappa shape index (κ3) is 3.08. The lowest BCUT2D eigenvalue weighted by atomic mass is 10.2. The topological polar surface area (TPSA) is 62.5 Å². The zero-order valence-corrected chi connectivity index (χ0v) is 17.0. The van der Waals surface area contributed by atoms with Crippen molar-refractivity contribution in [3.63, 3.8) is 0 Å². The van der Waals surface area contributed by atoms with Crippen LogP contribution in [0.2, 0.25) is 0 Å². The van der Waals surface area contributed by atoms with Crippen LogP contribution in [0.3, 0.4) is 0 Å². The molecule has 1 aromatic heterocycles. The second-order valence-corrected chi connectivity index (χ2v) is 8.32. The molecule has 0 aliphatic carbocycles. The molecule has 1 aliphatic rings. The molecule has 1 aliphatic heterocycles. The number of aliphatic hydroxyl groups excluding tert-OH is 1. The van der Waals surface area contributed by atoms with Crippen molar-refractivity contribution in [2.24, 2.45) is 0 Å². The van der Waals surface area contributed by atoms with Crippen molar-refractivity contribution in [3.8, 4) is 0 Å². The average Bonchev–Trinajstić information content (AvgIpc) is 3.07. The summed E-state index contributed by atoms with van der Waals surface area (Å²) in [5.74, 6) is -0.409. The van der Waals surface area contributed by atoms with E-state index < -0.39 is 6.10 Å². The molecule has 0 radical (unpaired) electrons. The zero-order chi connectivity index (χ0) is 18.4. The van der Waals surface area contributed by atoms with E-state index in [0.29, 0.717) is 6.54 Å². The second-order valence-electron chi connectivity index (χ2n) is 6.49. The first-order valence-electron chi connectivity index (χ1n) is 8.32. The van der Waals surface area contributed by atoms with Crippen molar-refractivity contribution in [2.75, 3.05) is 6.54 Å². The van der Waals surface area contributed by atoms with Gasteiger partial charge in [0.2, 0.25) is 11.8 Å². The van der Waals surface area contributed by atoms with Gasteiger partial charge in [-0.1, -0.05) is 31.9 Å². The molecule has 1 unspecified atom stereocenters. The predicted molar refractivity (Wildman–Crippen MR) is 107 cm³/mol. The molecule has 5 nitrogen and oxygen atoms in total. The summed E-state index contributed by atoms with van der Waals surface area (Å²) in [7, 11) is 0. The van der Waals surface area contributed by atoms with Gasteiger partial charge >= 0.3 is 0 Å². The van der Waals surface area contributed by atoms with Crippen molar-refractivity contribution < 1.29 is 14.7 Å². The standard InChI is InChI=1S/C19H16Br2N2O3/c20-11-1-3-16-14(7-11)15-8-12(21)2-4-17(15)22(16)9-13(24)10-23-18(25)5-6-19(23)26/h1-4,7-8,13,24H,5-6,9-10H2. The van der Waals surface area contributed by atoms with E-state index in [-0.39, 0.29) is 31.2 Å². The molecule has 0 saturated carbocycles. The summed E-state index contributed by atoms with van der Waals surface area (Å²) in [4.78, 5) is 24.8. The van der Waals surface area contributed by atoms with E-state index >= 15 is 0 Å². The minimum atomic E-state index is -0.827. The van der Waals surface area contributed by atoms with Gasteiger partial charge in [-0.15, -0.1) is 0 Å². The van der Waals surface area contributed by atoms with Gasteiger partial charge in [0.1, 0.15) is 0 Å². The lowest BCUT2D eigenvalue weighted by molar-refractivity contribution is -0.140. The number of imide groups is 1. The van der Waals surface area contributed by atoms with Gasteiger partial charge in [-0.3, -0.25) is 14.5 Å². The number of nitrogens with zero attached hydrogens (tertiary/aromatic N) is 2. The number of carbonyl (C=O) groups is 2. The third-order valence-corrected chi connectivity index (χ3v) is 5.72. The molecule has 1 atom stereocenters. The van der Waals surface area contributed by atoms with Gasteiger partial charge in [0.25, 0.3) is 0 Å². The number of aromatic nitrogens is 1. The molecule has 1 saturated heterocycles. The number of likely N-dealkylation sites (tertiary alicyclic amines) is 1. The Balaban J connectivity index is 1.73. The Kier molecular flexibility index (Phi) is 4.62. The smallest absolute Gasteiger partial charge is 0.229 e. The highest BCUT2D eigenvalue weighted by Gasteiger charge is 2.30. The minimum absolute atomic E-state index is 0.0336. The summed E-state index contributed by atoms with van der Waals surface area (Å²) in [6, 6.07) is 12.1. The number of benzene rings is 2. The van der Waals surface area contributed by atoms with Crippen molar-refractivity contribution in [3.05, 3.63) is 45.3 Å². The summed E-state index contributed by atoms with van der Waals surface area (Å²) < 4.78 is 4.01. The number of carbonyl (C=O) groups excluding carboxylic acids is 2. The maximum absolute atomic E-state index is 11.8. The number of hydrogen-bond acceptors (Lipinski definition) is 3. The molecule has 7 heteroatoms. The minimum Gasteiger partial charge on any atom is -0.389 e. The predicted octanol–water partition coefficient (Wildman–Crippen LogP) is 3.83. The molecule has 2 heterocycles. The molecule has 1 N–H and O–H groups in total. The molecule has 0 bridgehead atoms. The Morgan fingerprint density at radius 2 is 1.38 bits per heavy atom. The maximum Gasteiger partial charge on any atom is 0.229 e. The molecule has 0 spiro atoms. The van der Waals surface area contributed by atoms with Crippen molar-refractivity contribution in [1.29, 1.82) is 0 Å². The molecule has 2 aromatic carbocycles. The van der Waals surface area contributed by atoms with Gasteiger partial charge in [-0.05, 0) is 36.4 Å². The van der Waals surface area contributed by atoms with Crippen LogP contribution in [-0.2, 0) is 16.1 Å². The SMILES string of the molecule is O=C1CCC(=O)N1CC(O)Cn1c2ccc(Br)cc2c2cc(Br)ccc21. The van der Waals surface area contributed by atoms with Gasteiger partial charge in [-0.2, -0.15) is 0 Å². The highest BCUT2D eigenvalue weighted by atomic mass is 79.9. The second kappa shape index (κ2) is 6.79. The quantitative estimate of drug-likeness (QED) is 0.578. The number of rotatable bonds is 4. The first-order chi connectivity index (χ1) is 12.4. The van der Waals surface area contributed by atoms with Gasteiger partial charge in [0, 0.05) is 43.6 Å². The fraction of sp³-hybridized carbons (Fsp3) is 0.263. The first kappa shape index (κ1) is 17.7. The normalized spacial score (nSPS) is 16.2. The van der Waals surface area contributed by atoms with Crippen LogP contribution >= 0.6 is 31.9 Å². The van der Waals surface area contributed by atoms with Crippen LogP contribution in [0.25, 0.3) is 21.8 Å². The summed E-state index contributed by atoms with van der Waals surface area (Å²) in [5, 5.41) is 12.7. The van der Waals surface area contributed by atoms with Crippen LogP contribution in [0.15, 0.2) is 45.3 Å². The van der Waals surface area contributed by atoms with E-state index in [1.807, 2.05) is 28.8 Å². The third-order valence-electron chi connectivity index (χ3n) is 4.73. The van der Waals surface area contributed by atoms with Crippen LogP contribution in [0.5, 0.6) is 0 Å². The van der Waals surface area contributed by atoms with E-state index in [4.69, 9.17) is 0 Å². The Morgan fingerprint density at radius 3 is 1.88 bits per heavy atom. The largest absolute Gasteiger partial charge is 0.389 e. The summed E-state index contributed by atoms with van der Waals surface area (Å²) in [6.45, 7) is 0.339. The number of amides is 2. The van der Waals surface area contributed by atoms with Gasteiger partial charge in [-0.25, -0.2) is 0 Å². The maximum atomic E-state index is 11.8. The van der Waals surface area contributed by atoms with Crippen LogP contribution in [0.1, 0.15) is 12.8 Å². The number of β-amino-alcohol motifs (C(OH)–C–C–N with tert-alkyl or cyclic N) is 1. The van der Waals surface area contributed by atoms with Crippen molar-refractivity contribution in [1.82, 2.24) is 9.47 Å². The van der Waals surface area contributed by atoms with Crippen molar-refractivity contribution in [2.45, 2.75) is 25.5 Å². The van der Waals surface area contributed by atoms with Crippen LogP contribution < -0.4 is 0 Å². The Bertz CT molecular complexity index is 969. The van der Waals surface area contributed by atoms with E-state index in [1.54, 1.807) is 0 Å². The van der Waals surface area contributed by atoms with Crippen LogP contribution in [-0.4, -0.2) is 39.0 Å². The average molecular weight is 480 g/mol. The van der Waals surface area contributed by atoms with Gasteiger partial charge in [0.05, 0.1) is 19.2 Å². The fourth-order valence-corrected chi connectivity index (χ4v) is 4.27. The lowest BCUT2D eigenvalue weighted by Crippen LogP contribution is -2.38. The lowest BCUT2D eigenvalue weighted by Gasteiger charge is -2.20. The molecule has 3 aromatic rings. The molecule has 1 fully saturated rings. The fourth-order valence-electron chi connectivity index (χ4n) is 3.55. The first-order valence-corrected chi connectivity index (χ1v) is 9.91. The van der Waals surface area contributed by atoms with E-state index in [9.17, 15) is 14.7 Å². The summed E-state index contributed by atoms with van der Waals surface area (Å²) >= 11 is 7.03. The Morgan fingerprint density at radius 1 is 0.885 bits per heavy atom. The van der Waals surface area contributed by atoms with E-state index in [0.717, 1.165) is 30.8 Å². The molecule has 2 amide bonds. The number of aliphatic hydroxyl groups is 1. The summed E-state index contributed by atoms with van der Waals surface area (Å²) in [5.41, 5.74) is 2.00. The zero-order valence-electron chi connectivity index (χ0n) is 13.8. The monoisotopic (exact) mass is 478 g/mol.